The van der Waals surface area contributed by atoms with Gasteiger partial charge in [-0.05, 0) is 13.5 Å². The molecule has 0 aromatic carbocycles. The number of aliphatic carboxylic acids is 1. The Morgan fingerprint density at radius 3 is 2.29 bits per heavy atom. The van der Waals surface area contributed by atoms with E-state index >= 15 is 0 Å². The highest BCUT2D eigenvalue weighted by Crippen LogP contribution is 2.28. The average molecular weight is 257 g/mol. The van der Waals surface area contributed by atoms with Crippen molar-refractivity contribution in [3.05, 3.63) is 0 Å². The Morgan fingerprint density at radius 1 is 1.47 bits per heavy atom. The summed E-state index contributed by atoms with van der Waals surface area (Å²) in [4.78, 5) is 11.6. The minimum atomic E-state index is -4.56. The quantitative estimate of drug-likeness (QED) is 0.755. The summed E-state index contributed by atoms with van der Waals surface area (Å²) < 4.78 is 43.1. The van der Waals surface area contributed by atoms with Gasteiger partial charge >= 0.3 is 12.1 Å². The fraction of sp³-hybridized carbons (Fsp3) is 0.900. The number of carboxylic acid groups (broad SMARTS) is 1. The van der Waals surface area contributed by atoms with Crippen LogP contribution in [0.2, 0.25) is 0 Å². The topological polar surface area (TPSA) is 49.8 Å². The number of nitrogens with zero attached hydrogens (tertiary/aromatic N) is 1. The number of carboxylic acids is 1. The average Bonchev–Trinajstić information content (AvgIpc) is 2.15. The summed E-state index contributed by atoms with van der Waals surface area (Å²) in [6.07, 6.45) is -5.51. The molecule has 0 spiro atoms. The van der Waals surface area contributed by atoms with Gasteiger partial charge in [-0.25, -0.2) is 0 Å². The van der Waals surface area contributed by atoms with Gasteiger partial charge in [0, 0.05) is 13.2 Å². The van der Waals surface area contributed by atoms with E-state index in [0.29, 0.717) is 0 Å². The number of hydrogen-bond acceptors (Lipinski definition) is 3. The lowest BCUT2D eigenvalue weighted by atomic mass is 10.1. The van der Waals surface area contributed by atoms with Crippen LogP contribution in [-0.2, 0) is 9.53 Å². The van der Waals surface area contributed by atoms with E-state index in [-0.39, 0.29) is 13.2 Å². The van der Waals surface area contributed by atoms with E-state index in [1.807, 2.05) is 0 Å². The summed E-state index contributed by atoms with van der Waals surface area (Å²) in [5.74, 6) is -1.46. The Kier molecular flexibility index (Phi) is 6.48. The van der Waals surface area contributed by atoms with Crippen molar-refractivity contribution >= 4 is 5.97 Å². The van der Waals surface area contributed by atoms with Crippen molar-refractivity contribution in [2.75, 3.05) is 20.3 Å². The largest absolute Gasteiger partial charge is 0.481 e. The number of likely N-dealkylation sites (N-methyl/N-ethyl adjacent to an activating group) is 1. The predicted octanol–water partition coefficient (Wildman–Crippen LogP) is 1.75. The van der Waals surface area contributed by atoms with Crippen LogP contribution < -0.4 is 0 Å². The molecule has 0 heterocycles. The zero-order valence-electron chi connectivity index (χ0n) is 10.1. The first-order valence-corrected chi connectivity index (χ1v) is 5.27. The minimum Gasteiger partial charge on any atom is -0.481 e. The molecule has 0 aromatic heterocycles. The number of ether oxygens (including phenoxy) is 1. The summed E-state index contributed by atoms with van der Waals surface area (Å²) in [5.41, 5.74) is 0. The molecule has 0 saturated carbocycles. The molecule has 0 rings (SSSR count). The lowest BCUT2D eigenvalue weighted by Crippen LogP contribution is -2.52. The zero-order valence-corrected chi connectivity index (χ0v) is 10.1. The van der Waals surface area contributed by atoms with Crippen molar-refractivity contribution in [1.82, 2.24) is 4.90 Å². The smallest absolute Gasteiger partial charge is 0.404 e. The number of alkyl halides is 3. The van der Waals surface area contributed by atoms with E-state index in [9.17, 15) is 18.0 Å². The van der Waals surface area contributed by atoms with Crippen LogP contribution >= 0.6 is 0 Å². The summed E-state index contributed by atoms with van der Waals surface area (Å²) in [7, 11) is 1.39. The maximum absolute atomic E-state index is 12.8. The number of halogens is 3. The molecule has 0 aliphatic carbocycles. The van der Waals surface area contributed by atoms with Crippen LogP contribution in [0.1, 0.15) is 20.3 Å². The summed E-state index contributed by atoms with van der Waals surface area (Å²) >= 11 is 0. The van der Waals surface area contributed by atoms with Gasteiger partial charge in [0.25, 0.3) is 0 Å². The van der Waals surface area contributed by atoms with E-state index in [0.717, 1.165) is 4.90 Å². The molecule has 0 saturated heterocycles. The second-order valence-corrected chi connectivity index (χ2v) is 3.79. The SMILES string of the molecule is CCN(C(C)COC)C(CC(=O)O)C(F)(F)F. The van der Waals surface area contributed by atoms with Crippen molar-refractivity contribution in [2.45, 2.75) is 38.5 Å². The van der Waals surface area contributed by atoms with Gasteiger partial charge in [0.15, 0.2) is 0 Å². The molecule has 7 heteroatoms. The van der Waals surface area contributed by atoms with Crippen molar-refractivity contribution in [3.8, 4) is 0 Å². The highest BCUT2D eigenvalue weighted by atomic mass is 19.4. The highest BCUT2D eigenvalue weighted by molar-refractivity contribution is 5.67. The highest BCUT2D eigenvalue weighted by Gasteiger charge is 2.45. The van der Waals surface area contributed by atoms with Crippen LogP contribution in [0.3, 0.4) is 0 Å². The van der Waals surface area contributed by atoms with Crippen LogP contribution in [0, 0.1) is 0 Å². The fourth-order valence-electron chi connectivity index (χ4n) is 1.76. The molecule has 1 N–H and O–H groups in total. The molecular formula is C10H18F3NO3. The van der Waals surface area contributed by atoms with Gasteiger partial charge in [-0.1, -0.05) is 6.92 Å². The first-order chi connectivity index (χ1) is 7.73. The summed E-state index contributed by atoms with van der Waals surface area (Å²) in [5, 5.41) is 8.55. The Bertz CT molecular complexity index is 245. The maximum atomic E-state index is 12.8. The normalized spacial score (nSPS) is 15.9. The Hall–Kier alpha value is -0.820. The van der Waals surface area contributed by atoms with Crippen LogP contribution in [0.5, 0.6) is 0 Å². The molecule has 0 fully saturated rings. The predicted molar refractivity (Wildman–Crippen MR) is 55.8 cm³/mol. The monoisotopic (exact) mass is 257 g/mol. The van der Waals surface area contributed by atoms with Crippen molar-refractivity contribution in [3.63, 3.8) is 0 Å². The molecule has 0 aliphatic heterocycles. The van der Waals surface area contributed by atoms with Crippen molar-refractivity contribution in [1.29, 1.82) is 0 Å². The summed E-state index contributed by atoms with van der Waals surface area (Å²) in [6.45, 7) is 3.38. The Morgan fingerprint density at radius 2 is 2.00 bits per heavy atom. The van der Waals surface area contributed by atoms with Crippen LogP contribution in [0.15, 0.2) is 0 Å². The molecule has 2 atom stereocenters. The molecular weight excluding hydrogens is 239 g/mol. The molecule has 0 amide bonds. The summed E-state index contributed by atoms with van der Waals surface area (Å²) in [6, 6.07) is -2.47. The van der Waals surface area contributed by atoms with E-state index in [1.165, 1.54) is 7.11 Å². The van der Waals surface area contributed by atoms with Gasteiger partial charge in [0.1, 0.15) is 6.04 Å². The van der Waals surface area contributed by atoms with Gasteiger partial charge in [-0.15, -0.1) is 0 Å². The first kappa shape index (κ1) is 16.2. The molecule has 0 aromatic rings. The molecule has 4 nitrogen and oxygen atoms in total. The van der Waals surface area contributed by atoms with Crippen molar-refractivity contribution in [2.24, 2.45) is 0 Å². The third kappa shape index (κ3) is 5.36. The van der Waals surface area contributed by atoms with Gasteiger partial charge in [-0.2, -0.15) is 13.2 Å². The number of methoxy groups -OCH3 is 1. The second-order valence-electron chi connectivity index (χ2n) is 3.79. The van der Waals surface area contributed by atoms with Gasteiger partial charge in [0.05, 0.1) is 13.0 Å². The molecule has 0 bridgehead atoms. The fourth-order valence-corrected chi connectivity index (χ4v) is 1.76. The minimum absolute atomic E-state index is 0.113. The number of carbonyl (C=O) groups is 1. The Balaban J connectivity index is 4.90. The lowest BCUT2D eigenvalue weighted by molar-refractivity contribution is -0.196. The van der Waals surface area contributed by atoms with E-state index < -0.39 is 30.7 Å². The first-order valence-electron chi connectivity index (χ1n) is 5.27. The number of hydrogen-bond donors (Lipinski definition) is 1. The molecule has 2 unspecified atom stereocenters. The Labute approximate surface area is 98.3 Å². The standard InChI is InChI=1S/C10H18F3NO3/c1-4-14(7(2)6-17-3)8(5-9(15)16)10(11,12)13/h7-8H,4-6H2,1-3H3,(H,15,16). The van der Waals surface area contributed by atoms with Gasteiger partial charge < -0.3 is 9.84 Å². The van der Waals surface area contributed by atoms with Crippen LogP contribution in [0.4, 0.5) is 13.2 Å². The van der Waals surface area contributed by atoms with Crippen LogP contribution in [-0.4, -0.2) is 54.5 Å². The molecule has 17 heavy (non-hydrogen) atoms. The third-order valence-corrected chi connectivity index (χ3v) is 2.49. The van der Waals surface area contributed by atoms with E-state index in [1.54, 1.807) is 13.8 Å². The van der Waals surface area contributed by atoms with Crippen molar-refractivity contribution < 1.29 is 27.8 Å². The van der Waals surface area contributed by atoms with Crippen LogP contribution in [0.25, 0.3) is 0 Å². The third-order valence-electron chi connectivity index (χ3n) is 2.49. The second kappa shape index (κ2) is 6.80. The number of rotatable bonds is 7. The van der Waals surface area contributed by atoms with E-state index in [4.69, 9.17) is 9.84 Å². The molecule has 102 valence electrons. The van der Waals surface area contributed by atoms with E-state index in [2.05, 4.69) is 0 Å². The molecule has 0 radical (unpaired) electrons. The van der Waals surface area contributed by atoms with Gasteiger partial charge in [0.2, 0.25) is 0 Å². The molecule has 0 aliphatic rings. The van der Waals surface area contributed by atoms with Gasteiger partial charge in [-0.3, -0.25) is 9.69 Å². The maximum Gasteiger partial charge on any atom is 0.404 e. The lowest BCUT2D eigenvalue weighted by Gasteiger charge is -2.35. The zero-order chi connectivity index (χ0) is 13.6.